The topological polar surface area (TPSA) is 87.7 Å². The van der Waals surface area contributed by atoms with Crippen molar-refractivity contribution < 1.29 is 14.3 Å². The van der Waals surface area contributed by atoms with Crippen LogP contribution in [0.4, 0.5) is 16.4 Å². The Bertz CT molecular complexity index is 845. The lowest BCUT2D eigenvalue weighted by Crippen LogP contribution is -2.49. The number of aromatic nitrogens is 2. The Morgan fingerprint density at radius 3 is 2.39 bits per heavy atom. The van der Waals surface area contributed by atoms with Crippen LogP contribution in [0.25, 0.3) is 0 Å². The zero-order chi connectivity index (χ0) is 20.1. The van der Waals surface area contributed by atoms with Crippen molar-refractivity contribution in [3.8, 4) is 0 Å². The fourth-order valence-electron chi connectivity index (χ4n) is 2.95. The highest BCUT2D eigenvalue weighted by Gasteiger charge is 2.24. The van der Waals surface area contributed by atoms with Crippen LogP contribution in [-0.4, -0.2) is 59.7 Å². The largest absolute Gasteiger partial charge is 0.450 e. The SMILES string of the molecule is CCOC(=O)N1CCN(c2nc(C)cc(C(=O)Nc3ccc(C)cc3)n2)CC1. The first-order valence-corrected chi connectivity index (χ1v) is 9.36. The number of piperazine rings is 1. The van der Waals surface area contributed by atoms with Gasteiger partial charge in [-0.15, -0.1) is 0 Å². The van der Waals surface area contributed by atoms with Crippen molar-refractivity contribution in [2.24, 2.45) is 0 Å². The summed E-state index contributed by atoms with van der Waals surface area (Å²) in [7, 11) is 0. The number of benzene rings is 1. The minimum absolute atomic E-state index is 0.277. The van der Waals surface area contributed by atoms with E-state index in [0.717, 1.165) is 11.3 Å². The van der Waals surface area contributed by atoms with Crippen LogP contribution < -0.4 is 10.2 Å². The van der Waals surface area contributed by atoms with E-state index in [1.807, 2.05) is 43.0 Å². The van der Waals surface area contributed by atoms with E-state index >= 15 is 0 Å². The molecule has 148 valence electrons. The number of nitrogens with zero attached hydrogens (tertiary/aromatic N) is 4. The minimum Gasteiger partial charge on any atom is -0.450 e. The number of hydrogen-bond donors (Lipinski definition) is 1. The van der Waals surface area contributed by atoms with Gasteiger partial charge in [0.1, 0.15) is 5.69 Å². The van der Waals surface area contributed by atoms with Gasteiger partial charge in [0, 0.05) is 37.6 Å². The van der Waals surface area contributed by atoms with Crippen molar-refractivity contribution in [3.05, 3.63) is 47.3 Å². The molecular weight excluding hydrogens is 358 g/mol. The van der Waals surface area contributed by atoms with Crippen LogP contribution in [0.5, 0.6) is 0 Å². The van der Waals surface area contributed by atoms with Gasteiger partial charge in [-0.25, -0.2) is 14.8 Å². The highest BCUT2D eigenvalue weighted by atomic mass is 16.6. The highest BCUT2D eigenvalue weighted by molar-refractivity contribution is 6.03. The van der Waals surface area contributed by atoms with Crippen molar-refractivity contribution in [1.82, 2.24) is 14.9 Å². The standard InChI is InChI=1S/C20H25N5O3/c1-4-28-20(27)25-11-9-24(10-12-25)19-21-15(3)13-17(23-19)18(26)22-16-7-5-14(2)6-8-16/h5-8,13H,4,9-12H2,1-3H3,(H,22,26). The van der Waals surface area contributed by atoms with Gasteiger partial charge in [-0.05, 0) is 39.0 Å². The Kier molecular flexibility index (Phi) is 6.08. The summed E-state index contributed by atoms with van der Waals surface area (Å²) in [6.45, 7) is 8.21. The van der Waals surface area contributed by atoms with E-state index in [9.17, 15) is 9.59 Å². The van der Waals surface area contributed by atoms with Gasteiger partial charge in [-0.2, -0.15) is 0 Å². The van der Waals surface area contributed by atoms with Gasteiger partial charge in [-0.3, -0.25) is 4.79 Å². The lowest BCUT2D eigenvalue weighted by molar-refractivity contribution is 0.102. The zero-order valence-electron chi connectivity index (χ0n) is 16.4. The maximum absolute atomic E-state index is 12.6. The average molecular weight is 383 g/mol. The van der Waals surface area contributed by atoms with Gasteiger partial charge < -0.3 is 19.9 Å². The number of ether oxygens (including phenoxy) is 1. The van der Waals surface area contributed by atoms with Crippen LogP contribution in [0.3, 0.4) is 0 Å². The smallest absolute Gasteiger partial charge is 0.409 e. The Balaban J connectivity index is 1.69. The van der Waals surface area contributed by atoms with Crippen molar-refractivity contribution >= 4 is 23.6 Å². The molecule has 0 bridgehead atoms. The van der Waals surface area contributed by atoms with Crippen LogP contribution in [0, 0.1) is 13.8 Å². The predicted octanol–water partition coefficient (Wildman–Crippen LogP) is 2.62. The second-order valence-electron chi connectivity index (χ2n) is 6.69. The maximum Gasteiger partial charge on any atom is 0.409 e. The molecule has 0 spiro atoms. The van der Waals surface area contributed by atoms with E-state index in [0.29, 0.717) is 50.1 Å². The van der Waals surface area contributed by atoms with E-state index in [2.05, 4.69) is 15.3 Å². The number of carbonyl (C=O) groups excluding carboxylic acids is 2. The monoisotopic (exact) mass is 383 g/mol. The van der Waals surface area contributed by atoms with Crippen molar-refractivity contribution in [2.75, 3.05) is 43.0 Å². The van der Waals surface area contributed by atoms with Gasteiger partial charge >= 0.3 is 6.09 Å². The van der Waals surface area contributed by atoms with E-state index in [1.165, 1.54) is 0 Å². The molecule has 1 saturated heterocycles. The molecule has 2 aromatic rings. The Morgan fingerprint density at radius 1 is 1.07 bits per heavy atom. The number of anilines is 2. The lowest BCUT2D eigenvalue weighted by atomic mass is 10.2. The summed E-state index contributed by atoms with van der Waals surface area (Å²) >= 11 is 0. The molecule has 8 nitrogen and oxygen atoms in total. The molecule has 0 radical (unpaired) electrons. The molecular formula is C20H25N5O3. The van der Waals surface area contributed by atoms with Gasteiger partial charge in [0.2, 0.25) is 5.95 Å². The molecule has 1 aromatic heterocycles. The molecule has 0 unspecified atom stereocenters. The first kappa shape index (κ1) is 19.6. The number of aryl methyl sites for hydroxylation is 2. The molecule has 1 aliphatic rings. The van der Waals surface area contributed by atoms with Crippen molar-refractivity contribution in [3.63, 3.8) is 0 Å². The Hall–Kier alpha value is -3.16. The quantitative estimate of drug-likeness (QED) is 0.873. The van der Waals surface area contributed by atoms with Gasteiger partial charge in [-0.1, -0.05) is 17.7 Å². The van der Waals surface area contributed by atoms with Crippen LogP contribution in [0.15, 0.2) is 30.3 Å². The fourth-order valence-corrected chi connectivity index (χ4v) is 2.95. The number of hydrogen-bond acceptors (Lipinski definition) is 6. The second-order valence-corrected chi connectivity index (χ2v) is 6.69. The summed E-state index contributed by atoms with van der Waals surface area (Å²) in [6, 6.07) is 9.26. The van der Waals surface area contributed by atoms with E-state index in [1.54, 1.807) is 17.9 Å². The molecule has 8 heteroatoms. The lowest BCUT2D eigenvalue weighted by Gasteiger charge is -2.34. The molecule has 3 rings (SSSR count). The number of nitrogens with one attached hydrogen (secondary N) is 1. The Morgan fingerprint density at radius 2 is 1.75 bits per heavy atom. The molecule has 1 fully saturated rings. The Labute approximate surface area is 164 Å². The first-order valence-electron chi connectivity index (χ1n) is 9.36. The summed E-state index contributed by atoms with van der Waals surface area (Å²) < 4.78 is 5.04. The molecule has 1 aliphatic heterocycles. The first-order chi connectivity index (χ1) is 13.5. The summed E-state index contributed by atoms with van der Waals surface area (Å²) in [5, 5.41) is 2.86. The van der Waals surface area contributed by atoms with E-state index < -0.39 is 0 Å². The summed E-state index contributed by atoms with van der Waals surface area (Å²) in [4.78, 5) is 37.0. The molecule has 1 N–H and O–H groups in total. The molecule has 0 saturated carbocycles. The third-order valence-corrected chi connectivity index (χ3v) is 4.47. The van der Waals surface area contributed by atoms with Crippen LogP contribution in [0.2, 0.25) is 0 Å². The van der Waals surface area contributed by atoms with E-state index in [4.69, 9.17) is 4.74 Å². The van der Waals surface area contributed by atoms with Crippen molar-refractivity contribution in [1.29, 1.82) is 0 Å². The molecule has 1 aromatic carbocycles. The van der Waals surface area contributed by atoms with Crippen LogP contribution in [0.1, 0.15) is 28.7 Å². The highest BCUT2D eigenvalue weighted by Crippen LogP contribution is 2.16. The fraction of sp³-hybridized carbons (Fsp3) is 0.400. The zero-order valence-corrected chi connectivity index (χ0v) is 16.4. The van der Waals surface area contributed by atoms with Crippen LogP contribution >= 0.6 is 0 Å². The van der Waals surface area contributed by atoms with Gasteiger partial charge in [0.05, 0.1) is 6.61 Å². The third-order valence-electron chi connectivity index (χ3n) is 4.47. The van der Waals surface area contributed by atoms with Gasteiger partial charge in [0.25, 0.3) is 5.91 Å². The number of rotatable bonds is 4. The summed E-state index contributed by atoms with van der Waals surface area (Å²) in [5.74, 6) is 0.221. The normalized spacial score (nSPS) is 14.0. The molecule has 2 amide bonds. The predicted molar refractivity (Wildman–Crippen MR) is 107 cm³/mol. The maximum atomic E-state index is 12.6. The molecule has 0 atom stereocenters. The van der Waals surface area contributed by atoms with Crippen molar-refractivity contribution in [2.45, 2.75) is 20.8 Å². The van der Waals surface area contributed by atoms with Crippen LogP contribution in [-0.2, 0) is 4.74 Å². The minimum atomic E-state index is -0.300. The van der Waals surface area contributed by atoms with E-state index in [-0.39, 0.29) is 12.0 Å². The van der Waals surface area contributed by atoms with Gasteiger partial charge in [0.15, 0.2) is 0 Å². The molecule has 28 heavy (non-hydrogen) atoms. The second kappa shape index (κ2) is 8.69. The average Bonchev–Trinajstić information content (AvgIpc) is 2.69. The summed E-state index contributed by atoms with van der Waals surface area (Å²) in [6.07, 6.45) is -0.300. The third kappa shape index (κ3) is 4.76. The number of amides is 2. The summed E-state index contributed by atoms with van der Waals surface area (Å²) in [5.41, 5.74) is 2.87. The molecule has 2 heterocycles. The molecule has 0 aliphatic carbocycles. The number of carbonyl (C=O) groups is 2.